The van der Waals surface area contributed by atoms with E-state index in [1.54, 1.807) is 6.20 Å². The number of aryl methyl sites for hydroxylation is 1. The number of carbonyl (C=O) groups is 1. The van der Waals surface area contributed by atoms with Gasteiger partial charge in [0.05, 0.1) is 11.8 Å². The molecule has 0 aliphatic carbocycles. The van der Waals surface area contributed by atoms with Crippen molar-refractivity contribution in [1.29, 1.82) is 0 Å². The molecule has 0 saturated carbocycles. The van der Waals surface area contributed by atoms with Crippen LogP contribution in [0.15, 0.2) is 30.5 Å². The van der Waals surface area contributed by atoms with Gasteiger partial charge in [-0.3, -0.25) is 14.4 Å². The van der Waals surface area contributed by atoms with Crippen LogP contribution in [-0.2, 0) is 13.1 Å². The molecule has 1 aliphatic rings. The Balaban J connectivity index is 1.57. The SMILES string of the molecule is CCCn1ncc(C(=O)N[C@H]2CCCN(Cc3ccc(Cl)cc3)C2)c1C. The Morgan fingerprint density at radius 2 is 2.12 bits per heavy atom. The first-order chi connectivity index (χ1) is 12.6. The molecule has 1 atom stereocenters. The molecule has 140 valence electrons. The number of halogens is 1. The van der Waals surface area contributed by atoms with Crippen molar-refractivity contribution in [2.75, 3.05) is 13.1 Å². The number of nitrogens with zero attached hydrogens (tertiary/aromatic N) is 3. The molecule has 0 radical (unpaired) electrons. The van der Waals surface area contributed by atoms with Gasteiger partial charge in [-0.2, -0.15) is 5.10 Å². The summed E-state index contributed by atoms with van der Waals surface area (Å²) in [7, 11) is 0. The van der Waals surface area contributed by atoms with Crippen LogP contribution in [0, 0.1) is 6.92 Å². The molecule has 1 N–H and O–H groups in total. The van der Waals surface area contributed by atoms with E-state index >= 15 is 0 Å². The van der Waals surface area contributed by atoms with E-state index in [9.17, 15) is 4.79 Å². The maximum Gasteiger partial charge on any atom is 0.255 e. The lowest BCUT2D eigenvalue weighted by Gasteiger charge is -2.33. The predicted octanol–water partition coefficient (Wildman–Crippen LogP) is 3.65. The molecule has 2 heterocycles. The van der Waals surface area contributed by atoms with Crippen molar-refractivity contribution in [3.63, 3.8) is 0 Å². The number of likely N-dealkylation sites (tertiary alicyclic amines) is 1. The molecule has 1 aliphatic heterocycles. The van der Waals surface area contributed by atoms with Crippen molar-refractivity contribution in [3.05, 3.63) is 52.3 Å². The van der Waals surface area contributed by atoms with Gasteiger partial charge in [0.2, 0.25) is 0 Å². The van der Waals surface area contributed by atoms with E-state index in [4.69, 9.17) is 11.6 Å². The fourth-order valence-electron chi connectivity index (χ4n) is 3.53. The fraction of sp³-hybridized carbons (Fsp3) is 0.500. The topological polar surface area (TPSA) is 50.2 Å². The van der Waals surface area contributed by atoms with Gasteiger partial charge in [-0.15, -0.1) is 0 Å². The van der Waals surface area contributed by atoms with Crippen LogP contribution >= 0.6 is 11.6 Å². The molecule has 1 saturated heterocycles. The van der Waals surface area contributed by atoms with Gasteiger partial charge in [-0.1, -0.05) is 30.7 Å². The highest BCUT2D eigenvalue weighted by atomic mass is 35.5. The Morgan fingerprint density at radius 1 is 1.35 bits per heavy atom. The summed E-state index contributed by atoms with van der Waals surface area (Å²) in [5.41, 5.74) is 2.88. The van der Waals surface area contributed by atoms with Gasteiger partial charge in [-0.05, 0) is 50.4 Å². The summed E-state index contributed by atoms with van der Waals surface area (Å²) in [5, 5.41) is 8.29. The van der Waals surface area contributed by atoms with E-state index in [1.807, 2.05) is 23.7 Å². The summed E-state index contributed by atoms with van der Waals surface area (Å²) < 4.78 is 1.91. The van der Waals surface area contributed by atoms with Crippen LogP contribution in [0.3, 0.4) is 0 Å². The quantitative estimate of drug-likeness (QED) is 0.839. The van der Waals surface area contributed by atoms with Gasteiger partial charge in [-0.25, -0.2) is 0 Å². The van der Waals surface area contributed by atoms with Crippen molar-refractivity contribution >= 4 is 17.5 Å². The molecule has 1 amide bonds. The van der Waals surface area contributed by atoms with E-state index in [-0.39, 0.29) is 11.9 Å². The minimum atomic E-state index is -0.0109. The van der Waals surface area contributed by atoms with Crippen LogP contribution in [0.1, 0.15) is 47.8 Å². The molecule has 1 aromatic carbocycles. The first kappa shape index (κ1) is 18.9. The van der Waals surface area contributed by atoms with Crippen molar-refractivity contribution in [1.82, 2.24) is 20.0 Å². The molecular formula is C20H27ClN4O. The Morgan fingerprint density at radius 3 is 2.85 bits per heavy atom. The van der Waals surface area contributed by atoms with Crippen LogP contribution in [0.5, 0.6) is 0 Å². The van der Waals surface area contributed by atoms with Crippen LogP contribution < -0.4 is 5.32 Å². The monoisotopic (exact) mass is 374 g/mol. The Labute approximate surface area is 160 Å². The number of nitrogens with one attached hydrogen (secondary N) is 1. The highest BCUT2D eigenvalue weighted by Crippen LogP contribution is 2.17. The normalized spacial score (nSPS) is 18.0. The van der Waals surface area contributed by atoms with Gasteiger partial charge in [0.15, 0.2) is 0 Å². The number of hydrogen-bond acceptors (Lipinski definition) is 3. The lowest BCUT2D eigenvalue weighted by Crippen LogP contribution is -2.47. The summed E-state index contributed by atoms with van der Waals surface area (Å²) in [6, 6.07) is 8.16. The second kappa shape index (κ2) is 8.69. The molecule has 6 heteroatoms. The van der Waals surface area contributed by atoms with Gasteiger partial charge in [0.25, 0.3) is 5.91 Å². The summed E-state index contributed by atoms with van der Waals surface area (Å²) in [5.74, 6) is -0.0109. The van der Waals surface area contributed by atoms with E-state index in [2.05, 4.69) is 34.4 Å². The highest BCUT2D eigenvalue weighted by Gasteiger charge is 2.23. The van der Waals surface area contributed by atoms with Crippen molar-refractivity contribution in [2.24, 2.45) is 0 Å². The second-order valence-electron chi connectivity index (χ2n) is 7.04. The summed E-state index contributed by atoms with van der Waals surface area (Å²) in [6.45, 7) is 7.73. The van der Waals surface area contributed by atoms with Gasteiger partial charge < -0.3 is 5.32 Å². The molecule has 1 fully saturated rings. The molecule has 0 spiro atoms. The minimum absolute atomic E-state index is 0.0109. The number of hydrogen-bond donors (Lipinski definition) is 1. The third-order valence-corrected chi connectivity index (χ3v) is 5.20. The van der Waals surface area contributed by atoms with Crippen LogP contribution in [-0.4, -0.2) is 39.7 Å². The van der Waals surface area contributed by atoms with E-state index in [0.29, 0.717) is 5.56 Å². The van der Waals surface area contributed by atoms with Gasteiger partial charge in [0, 0.05) is 36.4 Å². The molecule has 0 bridgehead atoms. The van der Waals surface area contributed by atoms with E-state index in [1.165, 1.54) is 5.56 Å². The summed E-state index contributed by atoms with van der Waals surface area (Å²) in [4.78, 5) is 15.1. The van der Waals surface area contributed by atoms with Crippen LogP contribution in [0.4, 0.5) is 0 Å². The molecule has 2 aromatic rings. The van der Waals surface area contributed by atoms with E-state index < -0.39 is 0 Å². The predicted molar refractivity (Wildman–Crippen MR) is 104 cm³/mol. The third kappa shape index (κ3) is 4.65. The molecule has 5 nitrogen and oxygen atoms in total. The van der Waals surface area contributed by atoms with Crippen LogP contribution in [0.2, 0.25) is 5.02 Å². The van der Waals surface area contributed by atoms with Crippen LogP contribution in [0.25, 0.3) is 0 Å². The fourth-order valence-corrected chi connectivity index (χ4v) is 3.66. The Bertz CT molecular complexity index is 741. The third-order valence-electron chi connectivity index (χ3n) is 4.94. The largest absolute Gasteiger partial charge is 0.348 e. The zero-order valence-corrected chi connectivity index (χ0v) is 16.3. The van der Waals surface area contributed by atoms with E-state index in [0.717, 1.165) is 56.2 Å². The minimum Gasteiger partial charge on any atom is -0.348 e. The van der Waals surface area contributed by atoms with Crippen molar-refractivity contribution in [2.45, 2.75) is 52.2 Å². The lowest BCUT2D eigenvalue weighted by atomic mass is 10.0. The van der Waals surface area contributed by atoms with Crippen molar-refractivity contribution < 1.29 is 4.79 Å². The average molecular weight is 375 g/mol. The Hall–Kier alpha value is -1.85. The smallest absolute Gasteiger partial charge is 0.255 e. The maximum atomic E-state index is 12.7. The van der Waals surface area contributed by atoms with Gasteiger partial charge in [0.1, 0.15) is 0 Å². The average Bonchev–Trinajstić information content (AvgIpc) is 2.99. The molecule has 1 aromatic heterocycles. The summed E-state index contributed by atoms with van der Waals surface area (Å²) in [6.07, 6.45) is 4.80. The number of piperidine rings is 1. The summed E-state index contributed by atoms with van der Waals surface area (Å²) >= 11 is 5.96. The number of amides is 1. The van der Waals surface area contributed by atoms with Gasteiger partial charge >= 0.3 is 0 Å². The number of rotatable bonds is 6. The number of aromatic nitrogens is 2. The molecule has 0 unspecified atom stereocenters. The second-order valence-corrected chi connectivity index (χ2v) is 7.48. The Kier molecular flexibility index (Phi) is 6.33. The zero-order valence-electron chi connectivity index (χ0n) is 15.5. The van der Waals surface area contributed by atoms with Crippen molar-refractivity contribution in [3.8, 4) is 0 Å². The standard InChI is InChI=1S/C20H27ClN4O/c1-3-10-25-15(2)19(12-22-25)20(26)23-18-5-4-11-24(14-18)13-16-6-8-17(21)9-7-16/h6-9,12,18H,3-5,10-11,13-14H2,1-2H3,(H,23,26)/t18-/m0/s1. The first-order valence-corrected chi connectivity index (χ1v) is 9.74. The molecule has 26 heavy (non-hydrogen) atoms. The highest BCUT2D eigenvalue weighted by molar-refractivity contribution is 6.30. The maximum absolute atomic E-state index is 12.7. The lowest BCUT2D eigenvalue weighted by molar-refractivity contribution is 0.0900. The number of benzene rings is 1. The molecule has 3 rings (SSSR count). The molecular weight excluding hydrogens is 348 g/mol. The number of carbonyl (C=O) groups excluding carboxylic acids is 1. The first-order valence-electron chi connectivity index (χ1n) is 9.37. The zero-order chi connectivity index (χ0) is 18.5.